The molecular formula is C11H16F3N3OS. The van der Waals surface area contributed by atoms with Crippen LogP contribution < -0.4 is 11.1 Å². The zero-order valence-corrected chi connectivity index (χ0v) is 11.4. The lowest BCUT2D eigenvalue weighted by atomic mass is 10.2. The van der Waals surface area contributed by atoms with Gasteiger partial charge in [-0.3, -0.25) is 4.21 Å². The Labute approximate surface area is 112 Å². The van der Waals surface area contributed by atoms with Crippen molar-refractivity contribution in [1.29, 1.82) is 0 Å². The molecule has 19 heavy (non-hydrogen) atoms. The molecule has 0 amide bonds. The van der Waals surface area contributed by atoms with E-state index in [0.717, 1.165) is 12.3 Å². The van der Waals surface area contributed by atoms with Crippen molar-refractivity contribution < 1.29 is 17.4 Å². The number of nitrogens with two attached hydrogens (primary N) is 1. The third-order valence-corrected chi connectivity index (χ3v) is 4.03. The molecule has 1 rings (SSSR count). The van der Waals surface area contributed by atoms with Crippen molar-refractivity contribution >= 4 is 22.2 Å². The predicted molar refractivity (Wildman–Crippen MR) is 70.3 cm³/mol. The van der Waals surface area contributed by atoms with E-state index in [1.54, 1.807) is 6.26 Å². The van der Waals surface area contributed by atoms with E-state index >= 15 is 0 Å². The predicted octanol–water partition coefficient (Wildman–Crippen LogP) is 2.25. The summed E-state index contributed by atoms with van der Waals surface area (Å²) >= 11 is 0. The minimum absolute atomic E-state index is 0.0300. The summed E-state index contributed by atoms with van der Waals surface area (Å²) in [6.45, 7) is 2.21. The van der Waals surface area contributed by atoms with E-state index < -0.39 is 22.7 Å². The number of anilines is 2. The molecule has 0 spiro atoms. The Kier molecular flexibility index (Phi) is 5.16. The Morgan fingerprint density at radius 2 is 2.16 bits per heavy atom. The summed E-state index contributed by atoms with van der Waals surface area (Å²) in [5.41, 5.74) is 4.91. The van der Waals surface area contributed by atoms with E-state index in [2.05, 4.69) is 10.3 Å². The molecule has 0 aliphatic carbocycles. The van der Waals surface area contributed by atoms with Gasteiger partial charge in [-0.15, -0.1) is 0 Å². The molecule has 108 valence electrons. The molecule has 2 unspecified atom stereocenters. The van der Waals surface area contributed by atoms with E-state index in [9.17, 15) is 17.4 Å². The lowest BCUT2D eigenvalue weighted by Gasteiger charge is -2.13. The van der Waals surface area contributed by atoms with Gasteiger partial charge in [0.25, 0.3) is 0 Å². The Hall–Kier alpha value is -1.31. The van der Waals surface area contributed by atoms with Crippen molar-refractivity contribution in [1.82, 2.24) is 4.98 Å². The van der Waals surface area contributed by atoms with Crippen LogP contribution in [0.1, 0.15) is 19.0 Å². The lowest BCUT2D eigenvalue weighted by molar-refractivity contribution is -0.141. The highest BCUT2D eigenvalue weighted by atomic mass is 32.2. The number of nitrogen functional groups attached to an aromatic ring is 1. The fourth-order valence-corrected chi connectivity index (χ4v) is 1.80. The summed E-state index contributed by atoms with van der Waals surface area (Å²) in [7, 11) is -0.956. The summed E-state index contributed by atoms with van der Waals surface area (Å²) in [5.74, 6) is 0. The number of hydrogen-bond donors (Lipinski definition) is 2. The number of aromatic nitrogens is 1. The van der Waals surface area contributed by atoms with Gasteiger partial charge in [0, 0.05) is 28.9 Å². The summed E-state index contributed by atoms with van der Waals surface area (Å²) in [6.07, 6.45) is -1.35. The topological polar surface area (TPSA) is 68.0 Å². The number of nitrogens with one attached hydrogen (secondary N) is 1. The molecule has 8 heteroatoms. The average molecular weight is 295 g/mol. The SMILES string of the molecule is CC(CCNc1cc(C(F)(F)F)ncc1N)S(C)=O. The third-order valence-electron chi connectivity index (χ3n) is 2.66. The summed E-state index contributed by atoms with van der Waals surface area (Å²) < 4.78 is 48.6. The van der Waals surface area contributed by atoms with Crippen LogP contribution in [-0.4, -0.2) is 27.2 Å². The van der Waals surface area contributed by atoms with Crippen molar-refractivity contribution in [3.63, 3.8) is 0 Å². The number of rotatable bonds is 5. The van der Waals surface area contributed by atoms with Crippen molar-refractivity contribution in [3.05, 3.63) is 18.0 Å². The molecule has 1 heterocycles. The highest BCUT2D eigenvalue weighted by Gasteiger charge is 2.32. The van der Waals surface area contributed by atoms with Crippen LogP contribution in [0, 0.1) is 0 Å². The minimum atomic E-state index is -4.50. The van der Waals surface area contributed by atoms with Crippen LogP contribution in [0.2, 0.25) is 0 Å². The Bertz CT molecular complexity index is 465. The fourth-order valence-electron chi connectivity index (χ4n) is 1.35. The first-order chi connectivity index (χ1) is 8.71. The second-order valence-corrected chi connectivity index (χ2v) is 5.98. The van der Waals surface area contributed by atoms with Gasteiger partial charge >= 0.3 is 6.18 Å². The van der Waals surface area contributed by atoms with Gasteiger partial charge in [0.1, 0.15) is 5.69 Å². The number of alkyl halides is 3. The molecule has 0 aliphatic heterocycles. The van der Waals surface area contributed by atoms with Gasteiger partial charge in [0.2, 0.25) is 0 Å². The van der Waals surface area contributed by atoms with Gasteiger partial charge in [0.15, 0.2) is 0 Å². The molecule has 0 aromatic carbocycles. The smallest absolute Gasteiger partial charge is 0.396 e. The zero-order valence-electron chi connectivity index (χ0n) is 10.6. The standard InChI is InChI=1S/C11H16F3N3OS/c1-7(19(2)18)3-4-16-9-5-10(11(12,13)14)17-6-8(9)15/h5-7H,3-4,15H2,1-2H3,(H,16,17). The minimum Gasteiger partial charge on any atom is -0.396 e. The van der Waals surface area contributed by atoms with Crippen LogP contribution in [0.3, 0.4) is 0 Å². The van der Waals surface area contributed by atoms with Crippen molar-refractivity contribution in [2.24, 2.45) is 0 Å². The maximum atomic E-state index is 12.5. The Balaban J connectivity index is 2.70. The molecule has 0 aliphatic rings. The first-order valence-electron chi connectivity index (χ1n) is 5.60. The molecule has 1 aromatic rings. The molecule has 0 saturated heterocycles. The molecule has 0 saturated carbocycles. The Morgan fingerprint density at radius 3 is 2.68 bits per heavy atom. The third kappa shape index (κ3) is 4.70. The van der Waals surface area contributed by atoms with Gasteiger partial charge in [-0.1, -0.05) is 6.92 Å². The maximum Gasteiger partial charge on any atom is 0.433 e. The lowest BCUT2D eigenvalue weighted by Crippen LogP contribution is -2.16. The quantitative estimate of drug-likeness (QED) is 0.874. The van der Waals surface area contributed by atoms with E-state index in [4.69, 9.17) is 5.73 Å². The molecule has 4 nitrogen and oxygen atoms in total. The monoisotopic (exact) mass is 295 g/mol. The highest BCUT2D eigenvalue weighted by Crippen LogP contribution is 2.30. The van der Waals surface area contributed by atoms with E-state index in [1.807, 2.05) is 6.92 Å². The first kappa shape index (κ1) is 15.7. The van der Waals surface area contributed by atoms with Crippen molar-refractivity contribution in [2.75, 3.05) is 23.9 Å². The number of pyridine rings is 1. The highest BCUT2D eigenvalue weighted by molar-refractivity contribution is 7.84. The van der Waals surface area contributed by atoms with Crippen LogP contribution >= 0.6 is 0 Å². The van der Waals surface area contributed by atoms with Gasteiger partial charge in [0.05, 0.1) is 17.6 Å². The second-order valence-electron chi connectivity index (χ2n) is 4.18. The van der Waals surface area contributed by atoms with Gasteiger partial charge in [-0.2, -0.15) is 13.2 Å². The molecule has 0 radical (unpaired) electrons. The molecule has 1 aromatic heterocycles. The van der Waals surface area contributed by atoms with Crippen molar-refractivity contribution in [2.45, 2.75) is 24.8 Å². The second kappa shape index (κ2) is 6.23. The zero-order chi connectivity index (χ0) is 14.6. The molecule has 0 bridgehead atoms. The molecule has 3 N–H and O–H groups in total. The van der Waals surface area contributed by atoms with Crippen molar-refractivity contribution in [3.8, 4) is 0 Å². The van der Waals surface area contributed by atoms with Gasteiger partial charge in [-0.05, 0) is 12.5 Å². The van der Waals surface area contributed by atoms with Crippen LogP contribution in [0.25, 0.3) is 0 Å². The van der Waals surface area contributed by atoms with Gasteiger partial charge in [-0.25, -0.2) is 4.98 Å². The summed E-state index contributed by atoms with van der Waals surface area (Å²) in [4.78, 5) is 3.24. The van der Waals surface area contributed by atoms with Crippen LogP contribution in [0.15, 0.2) is 12.3 Å². The molecule has 0 fully saturated rings. The summed E-state index contributed by atoms with van der Waals surface area (Å²) in [5, 5.41) is 2.78. The number of hydrogen-bond acceptors (Lipinski definition) is 4. The number of nitrogens with zero attached hydrogens (tertiary/aromatic N) is 1. The van der Waals surface area contributed by atoms with E-state index in [-0.39, 0.29) is 16.6 Å². The first-order valence-corrected chi connectivity index (χ1v) is 7.22. The molecular weight excluding hydrogens is 279 g/mol. The average Bonchev–Trinajstić information content (AvgIpc) is 2.29. The maximum absolute atomic E-state index is 12.5. The summed E-state index contributed by atoms with van der Waals surface area (Å²) in [6, 6.07) is 0.878. The van der Waals surface area contributed by atoms with Crippen LogP contribution in [0.5, 0.6) is 0 Å². The normalized spacial score (nSPS) is 15.0. The largest absolute Gasteiger partial charge is 0.433 e. The fraction of sp³-hybridized carbons (Fsp3) is 0.545. The molecule has 2 atom stereocenters. The van der Waals surface area contributed by atoms with E-state index in [0.29, 0.717) is 13.0 Å². The van der Waals surface area contributed by atoms with Gasteiger partial charge < -0.3 is 11.1 Å². The number of halogens is 3. The van der Waals surface area contributed by atoms with Crippen LogP contribution in [0.4, 0.5) is 24.5 Å². The Morgan fingerprint density at radius 1 is 1.53 bits per heavy atom. The van der Waals surface area contributed by atoms with Crippen LogP contribution in [-0.2, 0) is 17.0 Å². The van der Waals surface area contributed by atoms with E-state index in [1.165, 1.54) is 0 Å².